The zero-order chi connectivity index (χ0) is 17.4. The van der Waals surface area contributed by atoms with Gasteiger partial charge in [0.2, 0.25) is 5.91 Å². The molecule has 0 saturated carbocycles. The van der Waals surface area contributed by atoms with E-state index in [1.54, 1.807) is 7.11 Å². The molecule has 4 nitrogen and oxygen atoms in total. The third-order valence-corrected chi connectivity index (χ3v) is 3.93. The van der Waals surface area contributed by atoms with Gasteiger partial charge in [0.05, 0.1) is 7.11 Å². The smallest absolute Gasteiger partial charge is 0.228 e. The highest BCUT2D eigenvalue weighted by atomic mass is 16.5. The van der Waals surface area contributed by atoms with Crippen molar-refractivity contribution in [2.45, 2.75) is 26.8 Å². The SMILES string of the molecule is CCN(C(=O)CCNCc1ccc(OC)cc1)c1cccc(C)c1. The summed E-state index contributed by atoms with van der Waals surface area (Å²) < 4.78 is 5.14. The van der Waals surface area contributed by atoms with Crippen molar-refractivity contribution in [1.29, 1.82) is 0 Å². The highest BCUT2D eigenvalue weighted by Crippen LogP contribution is 2.16. The number of nitrogens with zero attached hydrogens (tertiary/aromatic N) is 1. The van der Waals surface area contributed by atoms with Crippen molar-refractivity contribution in [3.05, 3.63) is 59.7 Å². The molecule has 4 heteroatoms. The van der Waals surface area contributed by atoms with Gasteiger partial charge in [0.25, 0.3) is 0 Å². The summed E-state index contributed by atoms with van der Waals surface area (Å²) in [5, 5.41) is 3.32. The zero-order valence-electron chi connectivity index (χ0n) is 14.7. The van der Waals surface area contributed by atoms with Crippen molar-refractivity contribution in [2.75, 3.05) is 25.1 Å². The Morgan fingerprint density at radius 1 is 1.17 bits per heavy atom. The predicted molar refractivity (Wildman–Crippen MR) is 98.5 cm³/mol. The van der Waals surface area contributed by atoms with Crippen molar-refractivity contribution < 1.29 is 9.53 Å². The van der Waals surface area contributed by atoms with E-state index in [0.29, 0.717) is 19.5 Å². The van der Waals surface area contributed by atoms with Crippen LogP contribution in [0.5, 0.6) is 5.75 Å². The Labute approximate surface area is 144 Å². The zero-order valence-corrected chi connectivity index (χ0v) is 14.7. The average molecular weight is 326 g/mol. The molecular formula is C20H26N2O2. The normalized spacial score (nSPS) is 10.5. The van der Waals surface area contributed by atoms with E-state index in [0.717, 1.165) is 23.5 Å². The van der Waals surface area contributed by atoms with Crippen molar-refractivity contribution in [3.8, 4) is 5.75 Å². The Hall–Kier alpha value is -2.33. The lowest BCUT2D eigenvalue weighted by Crippen LogP contribution is -2.33. The molecule has 0 aliphatic rings. The van der Waals surface area contributed by atoms with Gasteiger partial charge in [0, 0.05) is 31.7 Å². The molecule has 1 N–H and O–H groups in total. The quantitative estimate of drug-likeness (QED) is 0.755. The molecule has 0 aromatic heterocycles. The number of anilines is 1. The van der Waals surface area contributed by atoms with Crippen LogP contribution in [-0.2, 0) is 11.3 Å². The fourth-order valence-corrected chi connectivity index (χ4v) is 2.61. The summed E-state index contributed by atoms with van der Waals surface area (Å²) in [7, 11) is 1.66. The van der Waals surface area contributed by atoms with Crippen LogP contribution in [0.1, 0.15) is 24.5 Å². The maximum Gasteiger partial charge on any atom is 0.228 e. The van der Waals surface area contributed by atoms with Crippen molar-refractivity contribution in [2.24, 2.45) is 0 Å². The van der Waals surface area contributed by atoms with Crippen LogP contribution in [0.2, 0.25) is 0 Å². The molecule has 2 aromatic carbocycles. The molecule has 0 aliphatic heterocycles. The minimum absolute atomic E-state index is 0.144. The second-order valence-electron chi connectivity index (χ2n) is 5.75. The molecule has 0 aliphatic carbocycles. The highest BCUT2D eigenvalue weighted by Gasteiger charge is 2.13. The number of ether oxygens (including phenoxy) is 1. The Morgan fingerprint density at radius 2 is 1.92 bits per heavy atom. The van der Waals surface area contributed by atoms with Crippen LogP contribution in [0.4, 0.5) is 5.69 Å². The third-order valence-electron chi connectivity index (χ3n) is 3.93. The molecule has 0 fully saturated rings. The van der Waals surface area contributed by atoms with Crippen LogP contribution in [0.3, 0.4) is 0 Å². The van der Waals surface area contributed by atoms with Gasteiger partial charge in [-0.1, -0.05) is 24.3 Å². The van der Waals surface area contributed by atoms with Gasteiger partial charge in [-0.15, -0.1) is 0 Å². The number of rotatable bonds is 8. The van der Waals surface area contributed by atoms with E-state index in [4.69, 9.17) is 4.74 Å². The van der Waals surface area contributed by atoms with E-state index in [9.17, 15) is 4.79 Å². The topological polar surface area (TPSA) is 41.6 Å². The van der Waals surface area contributed by atoms with E-state index in [1.807, 2.05) is 67.3 Å². The lowest BCUT2D eigenvalue weighted by Gasteiger charge is -2.21. The first-order valence-corrected chi connectivity index (χ1v) is 8.34. The van der Waals surface area contributed by atoms with Gasteiger partial charge < -0.3 is 15.0 Å². The minimum atomic E-state index is 0.144. The molecule has 0 unspecified atom stereocenters. The second kappa shape index (κ2) is 9.08. The van der Waals surface area contributed by atoms with Crippen molar-refractivity contribution in [1.82, 2.24) is 5.32 Å². The van der Waals surface area contributed by atoms with E-state index in [-0.39, 0.29) is 5.91 Å². The molecular weight excluding hydrogens is 300 g/mol. The minimum Gasteiger partial charge on any atom is -0.497 e. The summed E-state index contributed by atoms with van der Waals surface area (Å²) in [5.74, 6) is 0.996. The highest BCUT2D eigenvalue weighted by molar-refractivity contribution is 5.93. The summed E-state index contributed by atoms with van der Waals surface area (Å²) in [5.41, 5.74) is 3.31. The van der Waals surface area contributed by atoms with Gasteiger partial charge in [-0.2, -0.15) is 0 Å². The fourth-order valence-electron chi connectivity index (χ4n) is 2.61. The van der Waals surface area contributed by atoms with Crippen LogP contribution in [0, 0.1) is 6.92 Å². The van der Waals surface area contributed by atoms with Gasteiger partial charge in [-0.05, 0) is 49.2 Å². The monoisotopic (exact) mass is 326 g/mol. The largest absolute Gasteiger partial charge is 0.497 e. The summed E-state index contributed by atoms with van der Waals surface area (Å²) in [4.78, 5) is 14.3. The lowest BCUT2D eigenvalue weighted by atomic mass is 10.2. The van der Waals surface area contributed by atoms with Crippen LogP contribution in [0.15, 0.2) is 48.5 Å². The van der Waals surface area contributed by atoms with Gasteiger partial charge in [-0.25, -0.2) is 0 Å². The molecule has 24 heavy (non-hydrogen) atoms. The third kappa shape index (κ3) is 5.10. The molecule has 128 valence electrons. The molecule has 0 atom stereocenters. The summed E-state index contributed by atoms with van der Waals surface area (Å²) in [6.07, 6.45) is 0.484. The van der Waals surface area contributed by atoms with Gasteiger partial charge in [-0.3, -0.25) is 4.79 Å². The van der Waals surface area contributed by atoms with Gasteiger partial charge in [0.1, 0.15) is 5.75 Å². The Morgan fingerprint density at radius 3 is 2.54 bits per heavy atom. The van der Waals surface area contributed by atoms with E-state index in [2.05, 4.69) is 5.32 Å². The molecule has 0 bridgehead atoms. The number of methoxy groups -OCH3 is 1. The average Bonchev–Trinajstić information content (AvgIpc) is 2.60. The number of carbonyl (C=O) groups excluding carboxylic acids is 1. The number of aryl methyl sites for hydroxylation is 1. The first-order chi connectivity index (χ1) is 11.6. The number of benzene rings is 2. The van der Waals surface area contributed by atoms with E-state index < -0.39 is 0 Å². The molecule has 2 rings (SSSR count). The molecule has 0 saturated heterocycles. The molecule has 0 radical (unpaired) electrons. The molecule has 0 heterocycles. The number of nitrogens with one attached hydrogen (secondary N) is 1. The first-order valence-electron chi connectivity index (χ1n) is 8.34. The Balaban J connectivity index is 1.80. The van der Waals surface area contributed by atoms with Crippen LogP contribution in [0.25, 0.3) is 0 Å². The second-order valence-corrected chi connectivity index (χ2v) is 5.75. The molecule has 2 aromatic rings. The summed E-state index contributed by atoms with van der Waals surface area (Å²) in [6.45, 7) is 6.13. The summed E-state index contributed by atoms with van der Waals surface area (Å²) in [6, 6.07) is 16.0. The predicted octanol–water partition coefficient (Wildman–Crippen LogP) is 3.54. The van der Waals surface area contributed by atoms with E-state index >= 15 is 0 Å². The number of carbonyl (C=O) groups is 1. The molecule has 0 spiro atoms. The number of hydrogen-bond donors (Lipinski definition) is 1. The number of amides is 1. The number of hydrogen-bond acceptors (Lipinski definition) is 3. The van der Waals surface area contributed by atoms with Crippen molar-refractivity contribution >= 4 is 11.6 Å². The maximum absolute atomic E-state index is 12.5. The van der Waals surface area contributed by atoms with Crippen LogP contribution in [-0.4, -0.2) is 26.1 Å². The summed E-state index contributed by atoms with van der Waals surface area (Å²) >= 11 is 0. The standard InChI is InChI=1S/C20H26N2O2/c1-4-22(18-7-5-6-16(2)14-18)20(23)12-13-21-15-17-8-10-19(24-3)11-9-17/h5-11,14,21H,4,12-13,15H2,1-3H3. The fraction of sp³-hybridized carbons (Fsp3) is 0.350. The first kappa shape index (κ1) is 18.0. The lowest BCUT2D eigenvalue weighted by molar-refractivity contribution is -0.118. The molecule has 1 amide bonds. The van der Waals surface area contributed by atoms with Crippen LogP contribution >= 0.6 is 0 Å². The Kier molecular flexibility index (Phi) is 6.82. The van der Waals surface area contributed by atoms with Gasteiger partial charge in [0.15, 0.2) is 0 Å². The van der Waals surface area contributed by atoms with Gasteiger partial charge >= 0.3 is 0 Å². The Bertz CT molecular complexity index is 653. The van der Waals surface area contributed by atoms with E-state index in [1.165, 1.54) is 5.56 Å². The maximum atomic E-state index is 12.5. The van der Waals surface area contributed by atoms with Crippen molar-refractivity contribution in [3.63, 3.8) is 0 Å². The van der Waals surface area contributed by atoms with Crippen LogP contribution < -0.4 is 15.0 Å².